The highest BCUT2D eigenvalue weighted by atomic mass is 16.5. The van der Waals surface area contributed by atoms with Gasteiger partial charge in [0.05, 0.1) is 26.1 Å². The summed E-state index contributed by atoms with van der Waals surface area (Å²) in [5.74, 6) is 1.19. The number of ether oxygens (including phenoxy) is 2. The molecule has 0 saturated carbocycles. The molecule has 1 aliphatic rings. The first kappa shape index (κ1) is 18.0. The van der Waals surface area contributed by atoms with Crippen LogP contribution in [0.5, 0.6) is 5.75 Å². The Kier molecular flexibility index (Phi) is 7.40. The van der Waals surface area contributed by atoms with E-state index in [2.05, 4.69) is 0 Å². The fraction of sp³-hybridized carbons (Fsp3) is 0.389. The predicted octanol–water partition coefficient (Wildman–Crippen LogP) is 3.52. The van der Waals surface area contributed by atoms with E-state index in [0.717, 1.165) is 5.76 Å². The van der Waals surface area contributed by atoms with Gasteiger partial charge in [-0.15, -0.1) is 0 Å². The van der Waals surface area contributed by atoms with Crippen molar-refractivity contribution in [1.82, 2.24) is 0 Å². The summed E-state index contributed by atoms with van der Waals surface area (Å²) in [6.07, 6.45) is 3.68. The molecule has 22 heavy (non-hydrogen) atoms. The van der Waals surface area contributed by atoms with Gasteiger partial charge in [-0.05, 0) is 30.7 Å². The van der Waals surface area contributed by atoms with Crippen molar-refractivity contribution in [3.63, 3.8) is 0 Å². The monoisotopic (exact) mass is 304 g/mol. The van der Waals surface area contributed by atoms with E-state index in [1.165, 1.54) is 0 Å². The van der Waals surface area contributed by atoms with E-state index in [0.29, 0.717) is 29.7 Å². The number of carbonyl (C=O) groups excluding carboxylic acids is 1. The maximum absolute atomic E-state index is 12.5. The van der Waals surface area contributed by atoms with Gasteiger partial charge in [0.15, 0.2) is 5.78 Å². The molecular weight excluding hydrogens is 280 g/mol. The summed E-state index contributed by atoms with van der Waals surface area (Å²) in [4.78, 5) is 12.5. The van der Waals surface area contributed by atoms with Crippen LogP contribution in [0.25, 0.3) is 0 Å². The number of methoxy groups -OCH3 is 2. The van der Waals surface area contributed by atoms with Crippen LogP contribution in [0.4, 0.5) is 0 Å². The minimum absolute atomic E-state index is 0.190. The number of aliphatic hydroxyl groups is 1. The van der Waals surface area contributed by atoms with Gasteiger partial charge in [0, 0.05) is 17.6 Å². The summed E-state index contributed by atoms with van der Waals surface area (Å²) in [6.45, 7) is 4.00. The maximum Gasteiger partial charge on any atom is 0.191 e. The molecule has 0 saturated heterocycles. The third kappa shape index (κ3) is 4.46. The summed E-state index contributed by atoms with van der Waals surface area (Å²) in [6, 6.07) is 6.91. The van der Waals surface area contributed by atoms with Crippen LogP contribution >= 0.6 is 0 Å². The molecule has 1 atom stereocenters. The van der Waals surface area contributed by atoms with Crippen molar-refractivity contribution < 1.29 is 19.4 Å². The van der Waals surface area contributed by atoms with Gasteiger partial charge in [0.1, 0.15) is 5.75 Å². The predicted molar refractivity (Wildman–Crippen MR) is 87.1 cm³/mol. The van der Waals surface area contributed by atoms with Crippen molar-refractivity contribution in [3.8, 4) is 5.75 Å². The Hall–Kier alpha value is -2.07. The summed E-state index contributed by atoms with van der Waals surface area (Å²) in [5, 5.41) is 10.1. The average Bonchev–Trinajstić information content (AvgIpc) is 2.77. The van der Waals surface area contributed by atoms with E-state index in [1.807, 2.05) is 13.8 Å². The smallest absolute Gasteiger partial charge is 0.191 e. The van der Waals surface area contributed by atoms with E-state index in [-0.39, 0.29) is 5.78 Å². The average molecular weight is 304 g/mol. The van der Waals surface area contributed by atoms with Crippen LogP contribution in [-0.2, 0) is 4.74 Å². The molecule has 120 valence electrons. The molecule has 0 radical (unpaired) electrons. The molecule has 4 nitrogen and oxygen atoms in total. The molecule has 0 aliphatic heterocycles. The van der Waals surface area contributed by atoms with Crippen LogP contribution in [0.1, 0.15) is 37.0 Å². The van der Waals surface area contributed by atoms with Crippen LogP contribution in [0, 0.1) is 0 Å². The Labute approximate surface area is 132 Å². The van der Waals surface area contributed by atoms with Gasteiger partial charge in [0.25, 0.3) is 0 Å². The molecular formula is C18H24O4. The maximum atomic E-state index is 12.5. The lowest BCUT2D eigenvalue weighted by Crippen LogP contribution is -2.17. The highest BCUT2D eigenvalue weighted by Crippen LogP contribution is 2.23. The molecule has 1 aromatic carbocycles. The molecule has 1 aliphatic carbocycles. The third-order valence-corrected chi connectivity index (χ3v) is 3.33. The van der Waals surface area contributed by atoms with E-state index in [4.69, 9.17) is 9.47 Å². The van der Waals surface area contributed by atoms with Crippen molar-refractivity contribution in [1.29, 1.82) is 0 Å². The van der Waals surface area contributed by atoms with Crippen molar-refractivity contribution >= 4 is 5.78 Å². The number of benzene rings is 1. The van der Waals surface area contributed by atoms with Gasteiger partial charge in [-0.3, -0.25) is 4.79 Å². The van der Waals surface area contributed by atoms with Crippen LogP contribution in [0.3, 0.4) is 0 Å². The lowest BCUT2D eigenvalue weighted by molar-refractivity contribution is 0.0981. The minimum atomic E-state index is -0.780. The molecule has 4 heteroatoms. The van der Waals surface area contributed by atoms with Crippen LogP contribution in [0.2, 0.25) is 0 Å². The second kappa shape index (κ2) is 9.05. The summed E-state index contributed by atoms with van der Waals surface area (Å²) < 4.78 is 10.3. The summed E-state index contributed by atoms with van der Waals surface area (Å²) in [5.41, 5.74) is 0.884. The third-order valence-electron chi connectivity index (χ3n) is 3.33. The molecule has 2 rings (SSSR count). The number of rotatable bonds is 4. The van der Waals surface area contributed by atoms with E-state index in [1.54, 1.807) is 50.6 Å². The molecule has 0 amide bonds. The van der Waals surface area contributed by atoms with Gasteiger partial charge < -0.3 is 14.6 Å². The van der Waals surface area contributed by atoms with Crippen LogP contribution in [0.15, 0.2) is 47.7 Å². The zero-order valence-electron chi connectivity index (χ0n) is 13.6. The Bertz CT molecular complexity index is 558. The van der Waals surface area contributed by atoms with Crippen molar-refractivity contribution in [2.24, 2.45) is 0 Å². The molecule has 1 N–H and O–H groups in total. The van der Waals surface area contributed by atoms with Crippen LogP contribution < -0.4 is 4.74 Å². The molecule has 1 aromatic rings. The summed E-state index contributed by atoms with van der Waals surface area (Å²) in [7, 11) is 3.14. The van der Waals surface area contributed by atoms with Gasteiger partial charge in [-0.1, -0.05) is 26.0 Å². The number of carbonyl (C=O) groups is 1. The number of hydrogen-bond acceptors (Lipinski definition) is 4. The quantitative estimate of drug-likeness (QED) is 0.865. The van der Waals surface area contributed by atoms with E-state index < -0.39 is 6.10 Å². The fourth-order valence-electron chi connectivity index (χ4n) is 2.14. The van der Waals surface area contributed by atoms with E-state index >= 15 is 0 Å². The van der Waals surface area contributed by atoms with Crippen molar-refractivity contribution in [2.45, 2.75) is 32.8 Å². The molecule has 0 heterocycles. The number of ketones is 1. The zero-order valence-corrected chi connectivity index (χ0v) is 13.6. The highest BCUT2D eigenvalue weighted by molar-refractivity contribution is 6.09. The van der Waals surface area contributed by atoms with Crippen molar-refractivity contribution in [2.75, 3.05) is 14.2 Å². The molecule has 1 unspecified atom stereocenters. The Morgan fingerprint density at radius 2 is 1.91 bits per heavy atom. The minimum Gasteiger partial charge on any atom is -0.501 e. The van der Waals surface area contributed by atoms with Gasteiger partial charge >= 0.3 is 0 Å². The molecule has 0 fully saturated rings. The first-order valence-corrected chi connectivity index (χ1v) is 7.47. The number of aliphatic hydroxyl groups excluding tert-OH is 1. The standard InChI is InChI=1S/C16H18O4.C2H6/c1-19-12-6-8-14(15(17)9-7-12)16(18)11-4-3-5-13(10-11)20-2;1-2/h3-6,8,10,15,17H,7,9H2,1-2H3;1-2H3. The SMILES string of the molecule is CC.COC1=CC=C(C(=O)c2cccc(OC)c2)C(O)CC1. The first-order valence-electron chi connectivity index (χ1n) is 7.47. The fourth-order valence-corrected chi connectivity index (χ4v) is 2.14. The van der Waals surface area contributed by atoms with Gasteiger partial charge in [0.2, 0.25) is 0 Å². The number of allylic oxidation sites excluding steroid dienone is 3. The Balaban J connectivity index is 0.00000116. The molecule has 0 bridgehead atoms. The largest absolute Gasteiger partial charge is 0.501 e. The van der Waals surface area contributed by atoms with E-state index in [9.17, 15) is 9.90 Å². The number of Topliss-reactive ketones (excluding diaryl/α,β-unsaturated/α-hetero) is 1. The molecule has 0 aromatic heterocycles. The lowest BCUT2D eigenvalue weighted by atomic mass is 9.97. The Morgan fingerprint density at radius 1 is 1.18 bits per heavy atom. The lowest BCUT2D eigenvalue weighted by Gasteiger charge is -2.12. The Morgan fingerprint density at radius 3 is 2.55 bits per heavy atom. The van der Waals surface area contributed by atoms with Crippen molar-refractivity contribution in [3.05, 3.63) is 53.3 Å². The highest BCUT2D eigenvalue weighted by Gasteiger charge is 2.22. The normalized spacial score (nSPS) is 17.2. The van der Waals surface area contributed by atoms with Gasteiger partial charge in [-0.25, -0.2) is 0 Å². The second-order valence-electron chi connectivity index (χ2n) is 4.57. The topological polar surface area (TPSA) is 55.8 Å². The second-order valence-corrected chi connectivity index (χ2v) is 4.57. The summed E-state index contributed by atoms with van der Waals surface area (Å²) >= 11 is 0. The first-order chi connectivity index (χ1) is 10.7. The molecule has 0 spiro atoms. The number of hydrogen-bond donors (Lipinski definition) is 1. The van der Waals surface area contributed by atoms with Crippen LogP contribution in [-0.4, -0.2) is 31.2 Å². The zero-order chi connectivity index (χ0) is 16.5. The van der Waals surface area contributed by atoms with Gasteiger partial charge in [-0.2, -0.15) is 0 Å².